The maximum absolute atomic E-state index is 13.3. The molecule has 1 unspecified atom stereocenters. The Labute approximate surface area is 177 Å². The van der Waals surface area contributed by atoms with Crippen LogP contribution in [0.4, 0.5) is 15.8 Å². The van der Waals surface area contributed by atoms with Crippen molar-refractivity contribution < 1.29 is 17.6 Å². The van der Waals surface area contributed by atoms with Gasteiger partial charge < -0.3 is 9.80 Å². The van der Waals surface area contributed by atoms with Gasteiger partial charge in [-0.25, -0.2) is 12.8 Å². The minimum atomic E-state index is -3.65. The van der Waals surface area contributed by atoms with E-state index in [9.17, 15) is 17.6 Å². The predicted octanol–water partition coefficient (Wildman–Crippen LogP) is 3.03. The summed E-state index contributed by atoms with van der Waals surface area (Å²) in [6.45, 7) is 5.90. The molecule has 0 aliphatic carbocycles. The number of piperazine rings is 1. The summed E-state index contributed by atoms with van der Waals surface area (Å²) < 4.78 is 39.6. The number of hydrogen-bond donors (Lipinski definition) is 0. The summed E-state index contributed by atoms with van der Waals surface area (Å²) in [7, 11) is -3.65. The molecule has 6 nitrogen and oxygen atoms in total. The van der Waals surface area contributed by atoms with Crippen molar-refractivity contribution in [3.05, 3.63) is 59.9 Å². The lowest BCUT2D eigenvalue weighted by Crippen LogP contribution is -2.56. The van der Waals surface area contributed by atoms with Crippen LogP contribution in [0.15, 0.2) is 48.5 Å². The first kappa shape index (κ1) is 22.1. The first-order valence-electron chi connectivity index (χ1n) is 10.1. The normalized spacial score (nSPS) is 15.7. The zero-order valence-electron chi connectivity index (χ0n) is 17.6. The highest BCUT2D eigenvalue weighted by Crippen LogP contribution is 2.25. The average Bonchev–Trinajstić information content (AvgIpc) is 2.71. The molecule has 2 aromatic carbocycles. The average molecular weight is 434 g/mol. The van der Waals surface area contributed by atoms with Gasteiger partial charge in [0.15, 0.2) is 0 Å². The molecule has 1 fully saturated rings. The number of aryl methyl sites for hydroxylation is 1. The summed E-state index contributed by atoms with van der Waals surface area (Å²) in [6, 6.07) is 12.7. The molecule has 0 bridgehead atoms. The number of carbonyl (C=O) groups is 1. The van der Waals surface area contributed by atoms with Crippen molar-refractivity contribution in [3.8, 4) is 0 Å². The van der Waals surface area contributed by atoms with E-state index in [-0.39, 0.29) is 11.7 Å². The number of amides is 1. The Hall–Kier alpha value is -2.61. The Morgan fingerprint density at radius 1 is 1.10 bits per heavy atom. The third-order valence-corrected chi connectivity index (χ3v) is 6.53. The molecule has 1 heterocycles. The lowest BCUT2D eigenvalue weighted by Gasteiger charge is -2.39. The van der Waals surface area contributed by atoms with Crippen molar-refractivity contribution in [2.75, 3.05) is 41.6 Å². The molecule has 0 N–H and O–H groups in total. The molecule has 1 aliphatic rings. The lowest BCUT2D eigenvalue weighted by molar-refractivity contribution is -0.132. The van der Waals surface area contributed by atoms with E-state index in [1.165, 1.54) is 16.4 Å². The molecule has 0 aromatic heterocycles. The molecule has 0 spiro atoms. The molecule has 30 heavy (non-hydrogen) atoms. The lowest BCUT2D eigenvalue weighted by atomic mass is 10.1. The van der Waals surface area contributed by atoms with Crippen molar-refractivity contribution in [2.45, 2.75) is 26.3 Å². The fraction of sp³-hybridized carbons (Fsp3) is 0.409. The molecule has 8 heteroatoms. The van der Waals surface area contributed by atoms with E-state index in [1.807, 2.05) is 19.9 Å². The molecule has 3 rings (SSSR count). The first-order valence-corrected chi connectivity index (χ1v) is 11.9. The second-order valence-electron chi connectivity index (χ2n) is 7.61. The minimum absolute atomic E-state index is 0.191. The smallest absolute Gasteiger partial charge is 0.246 e. The van der Waals surface area contributed by atoms with Gasteiger partial charge in [-0.05, 0) is 55.3 Å². The summed E-state index contributed by atoms with van der Waals surface area (Å²) in [6.07, 6.45) is 1.51. The van der Waals surface area contributed by atoms with E-state index in [0.29, 0.717) is 38.3 Å². The second-order valence-corrected chi connectivity index (χ2v) is 9.47. The Kier molecular flexibility index (Phi) is 6.65. The number of nitrogens with zero attached hydrogens (tertiary/aromatic N) is 3. The number of anilines is 2. The zero-order chi connectivity index (χ0) is 21.9. The zero-order valence-corrected chi connectivity index (χ0v) is 18.4. The van der Waals surface area contributed by atoms with Gasteiger partial charge >= 0.3 is 0 Å². The summed E-state index contributed by atoms with van der Waals surface area (Å²) >= 11 is 0. The van der Waals surface area contributed by atoms with Crippen LogP contribution in [0.3, 0.4) is 0 Å². The Morgan fingerprint density at radius 2 is 1.73 bits per heavy atom. The van der Waals surface area contributed by atoms with Crippen molar-refractivity contribution in [3.63, 3.8) is 0 Å². The number of sulfonamides is 1. The number of hydrogen-bond acceptors (Lipinski definition) is 4. The minimum Gasteiger partial charge on any atom is -0.368 e. The van der Waals surface area contributed by atoms with E-state index >= 15 is 0 Å². The maximum Gasteiger partial charge on any atom is 0.246 e. The third kappa shape index (κ3) is 4.92. The van der Waals surface area contributed by atoms with Gasteiger partial charge in [0.1, 0.15) is 11.9 Å². The van der Waals surface area contributed by atoms with Crippen molar-refractivity contribution in [1.82, 2.24) is 4.90 Å². The largest absolute Gasteiger partial charge is 0.368 e. The van der Waals surface area contributed by atoms with Crippen LogP contribution in [0.2, 0.25) is 0 Å². The Balaban J connectivity index is 1.77. The Bertz CT molecular complexity index is 987. The van der Waals surface area contributed by atoms with Crippen LogP contribution >= 0.6 is 0 Å². The molecule has 1 aliphatic heterocycles. The molecule has 162 valence electrons. The predicted molar refractivity (Wildman–Crippen MR) is 118 cm³/mol. The van der Waals surface area contributed by atoms with E-state index < -0.39 is 16.1 Å². The SMILES string of the molecule is CCC(C(=O)N1CCN(c2ccc(F)cc2)CC1)N(c1cccc(C)c1)S(C)(=O)=O. The molecular formula is C22H28FN3O3S. The quantitative estimate of drug-likeness (QED) is 0.703. The van der Waals surface area contributed by atoms with Crippen LogP contribution in [0, 0.1) is 12.7 Å². The van der Waals surface area contributed by atoms with E-state index in [4.69, 9.17) is 0 Å². The van der Waals surface area contributed by atoms with Crippen LogP contribution in [0.5, 0.6) is 0 Å². The summed E-state index contributed by atoms with van der Waals surface area (Å²) in [5.74, 6) is -0.474. The van der Waals surface area contributed by atoms with Gasteiger partial charge in [-0.15, -0.1) is 0 Å². The van der Waals surface area contributed by atoms with E-state index in [0.717, 1.165) is 17.5 Å². The Morgan fingerprint density at radius 3 is 2.27 bits per heavy atom. The number of halogens is 1. The third-order valence-electron chi connectivity index (χ3n) is 5.35. The van der Waals surface area contributed by atoms with Crippen molar-refractivity contribution in [1.29, 1.82) is 0 Å². The molecule has 1 amide bonds. The monoisotopic (exact) mass is 433 g/mol. The van der Waals surface area contributed by atoms with Gasteiger partial charge in [0.25, 0.3) is 0 Å². The van der Waals surface area contributed by atoms with Crippen LogP contribution in [-0.4, -0.2) is 57.7 Å². The first-order chi connectivity index (χ1) is 14.2. The van der Waals surface area contributed by atoms with Crippen molar-refractivity contribution in [2.24, 2.45) is 0 Å². The van der Waals surface area contributed by atoms with Crippen LogP contribution < -0.4 is 9.21 Å². The second kappa shape index (κ2) is 9.04. The maximum atomic E-state index is 13.3. The highest BCUT2D eigenvalue weighted by atomic mass is 32.2. The van der Waals surface area contributed by atoms with Gasteiger partial charge in [0.2, 0.25) is 15.9 Å². The van der Waals surface area contributed by atoms with Gasteiger partial charge in [-0.1, -0.05) is 19.1 Å². The molecule has 2 aromatic rings. The summed E-state index contributed by atoms with van der Waals surface area (Å²) in [5.41, 5.74) is 2.34. The topological polar surface area (TPSA) is 60.9 Å². The van der Waals surface area contributed by atoms with Crippen LogP contribution in [0.1, 0.15) is 18.9 Å². The standard InChI is InChI=1S/C22H28FN3O3S/c1-4-21(26(30(3,28)29)20-7-5-6-17(2)16-20)22(27)25-14-12-24(13-15-25)19-10-8-18(23)9-11-19/h5-11,16,21H,4,12-15H2,1-3H3. The molecular weight excluding hydrogens is 405 g/mol. The molecule has 1 atom stereocenters. The highest BCUT2D eigenvalue weighted by molar-refractivity contribution is 7.92. The fourth-order valence-electron chi connectivity index (χ4n) is 3.86. The van der Waals surface area contributed by atoms with E-state index in [1.54, 1.807) is 35.2 Å². The van der Waals surface area contributed by atoms with Crippen LogP contribution in [0.25, 0.3) is 0 Å². The van der Waals surface area contributed by atoms with Crippen molar-refractivity contribution >= 4 is 27.3 Å². The number of carbonyl (C=O) groups excluding carboxylic acids is 1. The van der Waals surface area contributed by atoms with Gasteiger partial charge in [-0.3, -0.25) is 9.10 Å². The van der Waals surface area contributed by atoms with Gasteiger partial charge in [0, 0.05) is 31.9 Å². The number of benzene rings is 2. The molecule has 0 radical (unpaired) electrons. The summed E-state index contributed by atoms with van der Waals surface area (Å²) in [5, 5.41) is 0. The molecule has 0 saturated carbocycles. The van der Waals surface area contributed by atoms with Gasteiger partial charge in [-0.2, -0.15) is 0 Å². The van der Waals surface area contributed by atoms with E-state index in [2.05, 4.69) is 4.90 Å². The highest BCUT2D eigenvalue weighted by Gasteiger charge is 2.35. The van der Waals surface area contributed by atoms with Crippen LogP contribution in [-0.2, 0) is 14.8 Å². The van der Waals surface area contributed by atoms with Gasteiger partial charge in [0.05, 0.1) is 11.9 Å². The molecule has 1 saturated heterocycles. The number of rotatable bonds is 6. The summed E-state index contributed by atoms with van der Waals surface area (Å²) in [4.78, 5) is 17.1. The fourth-order valence-corrected chi connectivity index (χ4v) is 5.05.